The number of carbonyl (C=O) groups excluding carboxylic acids is 2. The molecule has 3 unspecified atom stereocenters. The highest BCUT2D eigenvalue weighted by Gasteiger charge is 2.81. The van der Waals surface area contributed by atoms with Crippen molar-refractivity contribution in [2.45, 2.75) is 83.2 Å². The van der Waals surface area contributed by atoms with Crippen LogP contribution in [-0.2, 0) is 19.1 Å². The molecule has 1 aliphatic heterocycles. The molecule has 4 aliphatic carbocycles. The van der Waals surface area contributed by atoms with E-state index in [0.717, 1.165) is 37.7 Å². The molecule has 0 amide bonds. The molecule has 0 bridgehead atoms. The molecule has 0 radical (unpaired) electrons. The van der Waals surface area contributed by atoms with Gasteiger partial charge in [0.25, 0.3) is 0 Å². The lowest BCUT2D eigenvalue weighted by Gasteiger charge is -2.57. The number of methoxy groups -OCH3 is 1. The Hall–Kier alpha value is -1.24. The van der Waals surface area contributed by atoms with Gasteiger partial charge in [0, 0.05) is 17.8 Å². The number of epoxide rings is 1. The Morgan fingerprint density at radius 3 is 2.80 bits per heavy atom. The normalized spacial score (nSPS) is 48.9. The van der Waals surface area contributed by atoms with Crippen LogP contribution in [0.4, 0.5) is 0 Å². The zero-order valence-electron chi connectivity index (χ0n) is 18.2. The first-order valence-corrected chi connectivity index (χ1v) is 11.5. The molecule has 4 fully saturated rings. The smallest absolute Gasteiger partial charge is 0.309 e. The molecule has 1 heterocycles. The Morgan fingerprint density at radius 2 is 2.10 bits per heavy atom. The minimum Gasteiger partial charge on any atom is -0.469 e. The highest BCUT2D eigenvalue weighted by atomic mass is 16.6. The van der Waals surface area contributed by atoms with Crippen LogP contribution < -0.4 is 0 Å². The number of rotatable bonds is 4. The van der Waals surface area contributed by atoms with Crippen molar-refractivity contribution in [1.82, 2.24) is 0 Å². The first-order valence-electron chi connectivity index (χ1n) is 11.5. The monoisotopic (exact) mass is 418 g/mol. The molecular weight excluding hydrogens is 384 g/mol. The van der Waals surface area contributed by atoms with E-state index in [1.807, 2.05) is 0 Å². The van der Waals surface area contributed by atoms with Crippen LogP contribution in [-0.4, -0.2) is 47.1 Å². The second kappa shape index (κ2) is 6.63. The lowest BCUT2D eigenvalue weighted by molar-refractivity contribution is -0.157. The van der Waals surface area contributed by atoms with Crippen molar-refractivity contribution >= 4 is 11.8 Å². The maximum absolute atomic E-state index is 13.0. The third-order valence-corrected chi connectivity index (χ3v) is 9.85. The molecule has 0 aromatic carbocycles. The van der Waals surface area contributed by atoms with E-state index >= 15 is 0 Å². The SMILES string of the molecule is COC(=O)C1CC2=CC(=O)CC[C@]2(C)[C@]23OC2C[C@]2(C)C(CCC(O)O)CC[C@H]2[C@H]13. The molecule has 0 aromatic heterocycles. The summed E-state index contributed by atoms with van der Waals surface area (Å²) in [5.41, 5.74) is 0.543. The Bertz CT molecular complexity index is 804. The van der Waals surface area contributed by atoms with Crippen molar-refractivity contribution in [2.24, 2.45) is 34.5 Å². The van der Waals surface area contributed by atoms with Gasteiger partial charge >= 0.3 is 5.97 Å². The maximum atomic E-state index is 13.0. The summed E-state index contributed by atoms with van der Waals surface area (Å²) in [6.45, 7) is 4.58. The van der Waals surface area contributed by atoms with Gasteiger partial charge < -0.3 is 19.7 Å². The van der Waals surface area contributed by atoms with Crippen molar-refractivity contribution in [2.75, 3.05) is 7.11 Å². The highest BCUT2D eigenvalue weighted by Crippen LogP contribution is 2.77. The van der Waals surface area contributed by atoms with Crippen molar-refractivity contribution in [3.63, 3.8) is 0 Å². The first-order chi connectivity index (χ1) is 14.2. The highest BCUT2D eigenvalue weighted by molar-refractivity contribution is 5.92. The van der Waals surface area contributed by atoms with E-state index in [-0.39, 0.29) is 46.1 Å². The van der Waals surface area contributed by atoms with Crippen LogP contribution in [0.1, 0.15) is 65.2 Å². The second-order valence-electron chi connectivity index (χ2n) is 10.9. The number of carbonyl (C=O) groups is 2. The number of ether oxygens (including phenoxy) is 2. The van der Waals surface area contributed by atoms with Gasteiger partial charge in [-0.15, -0.1) is 0 Å². The van der Waals surface area contributed by atoms with Gasteiger partial charge in [0.1, 0.15) is 5.60 Å². The number of aliphatic hydroxyl groups is 2. The van der Waals surface area contributed by atoms with Crippen LogP contribution in [0, 0.1) is 34.5 Å². The minimum absolute atomic E-state index is 0.0263. The number of hydrogen-bond acceptors (Lipinski definition) is 6. The van der Waals surface area contributed by atoms with E-state index in [2.05, 4.69) is 13.8 Å². The lowest BCUT2D eigenvalue weighted by atomic mass is 9.44. The van der Waals surface area contributed by atoms with Gasteiger partial charge in [-0.3, -0.25) is 9.59 Å². The van der Waals surface area contributed by atoms with Crippen LogP contribution in [0.15, 0.2) is 11.6 Å². The molecule has 30 heavy (non-hydrogen) atoms. The van der Waals surface area contributed by atoms with E-state index in [9.17, 15) is 19.8 Å². The number of aliphatic hydroxyl groups excluding tert-OH is 1. The quantitative estimate of drug-likeness (QED) is 0.414. The van der Waals surface area contributed by atoms with Crippen molar-refractivity contribution in [3.05, 3.63) is 11.6 Å². The molecule has 1 saturated heterocycles. The van der Waals surface area contributed by atoms with Gasteiger partial charge in [-0.2, -0.15) is 0 Å². The van der Waals surface area contributed by atoms with Crippen LogP contribution in [0.2, 0.25) is 0 Å². The Morgan fingerprint density at radius 1 is 1.33 bits per heavy atom. The fourth-order valence-electron chi connectivity index (χ4n) is 8.33. The second-order valence-corrected chi connectivity index (χ2v) is 10.9. The zero-order chi connectivity index (χ0) is 21.5. The zero-order valence-corrected chi connectivity index (χ0v) is 18.2. The summed E-state index contributed by atoms with van der Waals surface area (Å²) in [7, 11) is 1.45. The fourth-order valence-corrected chi connectivity index (χ4v) is 8.33. The number of ketones is 1. The van der Waals surface area contributed by atoms with Crippen LogP contribution in [0.5, 0.6) is 0 Å². The average Bonchev–Trinajstić information content (AvgIpc) is 3.32. The van der Waals surface area contributed by atoms with Crippen LogP contribution in [0.25, 0.3) is 0 Å². The summed E-state index contributed by atoms with van der Waals surface area (Å²) >= 11 is 0. The third kappa shape index (κ3) is 2.53. The van der Waals surface area contributed by atoms with E-state index in [0.29, 0.717) is 31.1 Å². The molecule has 3 saturated carbocycles. The molecule has 166 valence electrons. The summed E-state index contributed by atoms with van der Waals surface area (Å²) in [6, 6.07) is 0. The van der Waals surface area contributed by atoms with Crippen molar-refractivity contribution < 1.29 is 29.3 Å². The standard InChI is InChI=1S/C24H34O6/c1-22-12-18-24(30-18)20(17(22)6-4-13(22)5-7-19(26)27)16(21(28)29-3)11-14-10-15(25)8-9-23(14,24)2/h10,13,16-20,26-27H,4-9,11-12H2,1-3H3/t13?,16?,17-,18?,20-,22+,23-,24-/m0/s1. The molecule has 0 aromatic rings. The summed E-state index contributed by atoms with van der Waals surface area (Å²) in [4.78, 5) is 25.2. The Labute approximate surface area is 178 Å². The Balaban J connectivity index is 1.56. The molecule has 6 nitrogen and oxygen atoms in total. The molecule has 1 spiro atoms. The molecule has 2 N–H and O–H groups in total. The van der Waals surface area contributed by atoms with Gasteiger partial charge in [0.15, 0.2) is 12.1 Å². The molecule has 8 atom stereocenters. The van der Waals surface area contributed by atoms with E-state index < -0.39 is 6.29 Å². The van der Waals surface area contributed by atoms with Crippen LogP contribution in [0.3, 0.4) is 0 Å². The minimum atomic E-state index is -1.27. The fraction of sp³-hybridized carbons (Fsp3) is 0.833. The van der Waals surface area contributed by atoms with Gasteiger partial charge in [-0.05, 0) is 68.3 Å². The molecular formula is C24H34O6. The molecule has 5 rings (SSSR count). The summed E-state index contributed by atoms with van der Waals surface area (Å²) < 4.78 is 11.9. The predicted octanol–water partition coefficient (Wildman–Crippen LogP) is 2.76. The van der Waals surface area contributed by atoms with Gasteiger partial charge in [0.2, 0.25) is 0 Å². The molecule has 5 aliphatic rings. The summed E-state index contributed by atoms with van der Waals surface area (Å²) in [6.07, 6.45) is 6.76. The van der Waals surface area contributed by atoms with Gasteiger partial charge in [0.05, 0.1) is 19.1 Å². The van der Waals surface area contributed by atoms with Crippen LogP contribution >= 0.6 is 0 Å². The topological polar surface area (TPSA) is 96.4 Å². The van der Waals surface area contributed by atoms with Gasteiger partial charge in [-0.25, -0.2) is 0 Å². The number of esters is 1. The summed E-state index contributed by atoms with van der Waals surface area (Å²) in [5.74, 6) is 0.528. The van der Waals surface area contributed by atoms with E-state index in [1.165, 1.54) is 7.11 Å². The number of hydrogen-bond donors (Lipinski definition) is 2. The predicted molar refractivity (Wildman–Crippen MR) is 108 cm³/mol. The van der Waals surface area contributed by atoms with Gasteiger partial charge in [-0.1, -0.05) is 19.4 Å². The first kappa shape index (κ1) is 20.7. The largest absolute Gasteiger partial charge is 0.469 e. The number of fused-ring (bicyclic) bond motifs is 3. The Kier molecular flexibility index (Phi) is 4.56. The maximum Gasteiger partial charge on any atom is 0.309 e. The summed E-state index contributed by atoms with van der Waals surface area (Å²) in [5, 5.41) is 18.8. The van der Waals surface area contributed by atoms with Crippen molar-refractivity contribution in [3.8, 4) is 0 Å². The third-order valence-electron chi connectivity index (χ3n) is 9.85. The van der Waals surface area contributed by atoms with E-state index in [1.54, 1.807) is 6.08 Å². The molecule has 6 heteroatoms. The van der Waals surface area contributed by atoms with E-state index in [4.69, 9.17) is 9.47 Å². The average molecular weight is 419 g/mol. The lowest BCUT2D eigenvalue weighted by Crippen LogP contribution is -2.61. The van der Waals surface area contributed by atoms with Crippen molar-refractivity contribution in [1.29, 1.82) is 0 Å².